The molecule has 0 saturated heterocycles. The molecule has 0 bridgehead atoms. The van der Waals surface area contributed by atoms with Crippen LogP contribution >= 0.6 is 0 Å². The van der Waals surface area contributed by atoms with Gasteiger partial charge >= 0.3 is 17.9 Å². The van der Waals surface area contributed by atoms with E-state index in [2.05, 4.69) is 10.6 Å². The second-order valence-electron chi connectivity index (χ2n) is 7.36. The molecule has 0 saturated carbocycles. The summed E-state index contributed by atoms with van der Waals surface area (Å²) in [6, 6.07) is -0.429. The van der Waals surface area contributed by atoms with Crippen LogP contribution in [-0.4, -0.2) is 80.2 Å². The summed E-state index contributed by atoms with van der Waals surface area (Å²) in [6.07, 6.45) is -1.85. The summed E-state index contributed by atoms with van der Waals surface area (Å²) in [5, 5.41) is 42.8. The lowest BCUT2D eigenvalue weighted by Crippen LogP contribution is -2.57. The number of aromatic hydroxyl groups is 1. The Morgan fingerprint density at radius 2 is 1.29 bits per heavy atom. The molecule has 34 heavy (non-hydrogen) atoms. The van der Waals surface area contributed by atoms with Crippen LogP contribution < -0.4 is 21.7 Å². The highest BCUT2D eigenvalue weighted by Crippen LogP contribution is 2.12. The van der Waals surface area contributed by atoms with Gasteiger partial charge in [0.25, 0.3) is 0 Å². The maximum atomic E-state index is 12.8. The fourth-order valence-electron chi connectivity index (χ4n) is 2.67. The highest BCUT2D eigenvalue weighted by atomic mass is 16.4. The summed E-state index contributed by atoms with van der Waals surface area (Å²) >= 11 is 0. The molecule has 14 nitrogen and oxygen atoms in total. The Balaban J connectivity index is 3.09. The van der Waals surface area contributed by atoms with Crippen LogP contribution in [-0.2, 0) is 35.2 Å². The fraction of sp³-hybridized carbons (Fsp3) is 0.400. The Morgan fingerprint density at radius 1 is 0.794 bits per heavy atom. The fourth-order valence-corrected chi connectivity index (χ4v) is 2.67. The Hall–Kier alpha value is -4.20. The number of hydrogen-bond acceptors (Lipinski definition) is 8. The summed E-state index contributed by atoms with van der Waals surface area (Å²) in [5.41, 5.74) is 5.89. The molecule has 0 aliphatic carbocycles. The van der Waals surface area contributed by atoms with Crippen LogP contribution in [0, 0.1) is 0 Å². The predicted octanol–water partition coefficient (Wildman–Crippen LogP) is -2.23. The minimum absolute atomic E-state index is 0.0600. The van der Waals surface area contributed by atoms with Crippen molar-refractivity contribution in [3.8, 4) is 5.75 Å². The second kappa shape index (κ2) is 12.7. The van der Waals surface area contributed by atoms with Gasteiger partial charge in [-0.25, -0.2) is 0 Å². The number of aliphatic carboxylic acids is 3. The molecule has 9 N–H and O–H groups in total. The summed E-state index contributed by atoms with van der Waals surface area (Å²) in [5.74, 6) is -7.37. The zero-order chi connectivity index (χ0) is 26.0. The molecule has 186 valence electrons. The standard InChI is InChI=1S/C20H26N4O10/c1-9(20(33)34)22-18(31)13(6-10-2-4-11(25)5-3-10)24-19(32)14(8-16(28)29)23-17(30)12(21)7-15(26)27/h2-5,9,12-14,25H,6-8,21H2,1H3,(H,22,31)(H,23,30)(H,24,32)(H,26,27)(H,28,29)(H,33,34). The Bertz CT molecular complexity index is 934. The first-order valence-corrected chi connectivity index (χ1v) is 9.91. The van der Waals surface area contributed by atoms with Crippen molar-refractivity contribution in [1.82, 2.24) is 16.0 Å². The number of carboxylic acids is 3. The topological polar surface area (TPSA) is 245 Å². The number of rotatable bonds is 13. The van der Waals surface area contributed by atoms with Crippen LogP contribution in [0.1, 0.15) is 25.3 Å². The second-order valence-corrected chi connectivity index (χ2v) is 7.36. The van der Waals surface area contributed by atoms with E-state index < -0.39 is 72.6 Å². The van der Waals surface area contributed by atoms with E-state index in [9.17, 15) is 33.9 Å². The van der Waals surface area contributed by atoms with E-state index in [1.165, 1.54) is 31.2 Å². The number of amides is 3. The van der Waals surface area contributed by atoms with Gasteiger partial charge in [0.1, 0.15) is 23.9 Å². The van der Waals surface area contributed by atoms with Gasteiger partial charge in [-0.2, -0.15) is 0 Å². The van der Waals surface area contributed by atoms with Gasteiger partial charge < -0.3 is 42.1 Å². The molecular weight excluding hydrogens is 456 g/mol. The molecule has 3 amide bonds. The summed E-state index contributed by atoms with van der Waals surface area (Å²) < 4.78 is 0. The van der Waals surface area contributed by atoms with Crippen LogP contribution in [0.15, 0.2) is 24.3 Å². The number of nitrogens with two attached hydrogens (primary N) is 1. The molecule has 1 aromatic rings. The highest BCUT2D eigenvalue weighted by molar-refractivity contribution is 5.96. The van der Waals surface area contributed by atoms with Crippen molar-refractivity contribution in [2.24, 2.45) is 5.73 Å². The lowest BCUT2D eigenvalue weighted by molar-refractivity contribution is -0.143. The highest BCUT2D eigenvalue weighted by Gasteiger charge is 2.31. The first-order valence-electron chi connectivity index (χ1n) is 9.91. The largest absolute Gasteiger partial charge is 0.508 e. The lowest BCUT2D eigenvalue weighted by Gasteiger charge is -2.24. The molecule has 4 atom stereocenters. The average molecular weight is 482 g/mol. The van der Waals surface area contributed by atoms with Crippen LogP contribution in [0.25, 0.3) is 0 Å². The van der Waals surface area contributed by atoms with Crippen molar-refractivity contribution in [1.29, 1.82) is 0 Å². The predicted molar refractivity (Wildman–Crippen MR) is 113 cm³/mol. The number of carboxylic acid groups (broad SMARTS) is 3. The quantitative estimate of drug-likeness (QED) is 0.149. The van der Waals surface area contributed by atoms with Gasteiger partial charge in [-0.15, -0.1) is 0 Å². The number of carbonyl (C=O) groups excluding carboxylic acids is 3. The lowest BCUT2D eigenvalue weighted by atomic mass is 10.0. The van der Waals surface area contributed by atoms with Crippen molar-refractivity contribution >= 4 is 35.6 Å². The summed E-state index contributed by atoms with van der Waals surface area (Å²) in [7, 11) is 0. The minimum Gasteiger partial charge on any atom is -0.508 e. The zero-order valence-electron chi connectivity index (χ0n) is 18.1. The smallest absolute Gasteiger partial charge is 0.325 e. The first kappa shape index (κ1) is 27.8. The van der Waals surface area contributed by atoms with Crippen LogP contribution in [0.4, 0.5) is 0 Å². The van der Waals surface area contributed by atoms with E-state index in [0.717, 1.165) is 0 Å². The molecule has 0 radical (unpaired) electrons. The van der Waals surface area contributed by atoms with E-state index >= 15 is 0 Å². The van der Waals surface area contributed by atoms with E-state index in [1.54, 1.807) is 0 Å². The Morgan fingerprint density at radius 3 is 1.79 bits per heavy atom. The van der Waals surface area contributed by atoms with E-state index in [-0.39, 0.29) is 12.2 Å². The van der Waals surface area contributed by atoms with Crippen LogP contribution in [0.2, 0.25) is 0 Å². The SMILES string of the molecule is CC(NC(=O)C(Cc1ccc(O)cc1)NC(=O)C(CC(=O)O)NC(=O)C(N)CC(=O)O)C(=O)O. The molecule has 0 aromatic heterocycles. The Kier molecular flexibility index (Phi) is 10.4. The molecule has 0 fully saturated rings. The number of benzene rings is 1. The number of carbonyl (C=O) groups is 6. The van der Waals surface area contributed by atoms with Gasteiger partial charge in [0.15, 0.2) is 0 Å². The van der Waals surface area contributed by atoms with Gasteiger partial charge in [-0.3, -0.25) is 28.8 Å². The molecule has 1 rings (SSSR count). The van der Waals surface area contributed by atoms with E-state index in [4.69, 9.17) is 21.1 Å². The minimum atomic E-state index is -1.71. The monoisotopic (exact) mass is 482 g/mol. The van der Waals surface area contributed by atoms with Crippen LogP contribution in [0.3, 0.4) is 0 Å². The summed E-state index contributed by atoms with van der Waals surface area (Å²) in [6.45, 7) is 1.19. The maximum absolute atomic E-state index is 12.8. The van der Waals surface area contributed by atoms with Gasteiger partial charge in [-0.1, -0.05) is 12.1 Å². The van der Waals surface area contributed by atoms with Gasteiger partial charge in [0.05, 0.1) is 18.9 Å². The Labute approximate surface area is 193 Å². The molecule has 4 unspecified atom stereocenters. The van der Waals surface area contributed by atoms with E-state index in [1.807, 2.05) is 5.32 Å². The van der Waals surface area contributed by atoms with Gasteiger partial charge in [0.2, 0.25) is 17.7 Å². The number of nitrogens with one attached hydrogen (secondary N) is 3. The van der Waals surface area contributed by atoms with Crippen molar-refractivity contribution in [2.45, 2.75) is 50.4 Å². The molecule has 0 spiro atoms. The van der Waals surface area contributed by atoms with Crippen molar-refractivity contribution in [2.75, 3.05) is 0 Å². The first-order chi connectivity index (χ1) is 15.8. The van der Waals surface area contributed by atoms with Crippen molar-refractivity contribution < 1.29 is 49.2 Å². The molecule has 0 aliphatic rings. The van der Waals surface area contributed by atoms with Crippen molar-refractivity contribution in [3.63, 3.8) is 0 Å². The average Bonchev–Trinajstić information content (AvgIpc) is 2.73. The number of phenols is 1. The molecular formula is C20H26N4O10. The maximum Gasteiger partial charge on any atom is 0.325 e. The van der Waals surface area contributed by atoms with Gasteiger partial charge in [0, 0.05) is 6.42 Å². The molecule has 0 heterocycles. The van der Waals surface area contributed by atoms with Crippen LogP contribution in [0.5, 0.6) is 5.75 Å². The normalized spacial score (nSPS) is 14.1. The zero-order valence-corrected chi connectivity index (χ0v) is 18.1. The van der Waals surface area contributed by atoms with Crippen molar-refractivity contribution in [3.05, 3.63) is 29.8 Å². The molecule has 0 aliphatic heterocycles. The third-order valence-corrected chi connectivity index (χ3v) is 4.48. The summed E-state index contributed by atoms with van der Waals surface area (Å²) in [4.78, 5) is 70.5. The number of hydrogen-bond donors (Lipinski definition) is 8. The van der Waals surface area contributed by atoms with Gasteiger partial charge in [-0.05, 0) is 24.6 Å². The third-order valence-electron chi connectivity index (χ3n) is 4.48. The third kappa shape index (κ3) is 9.52. The number of phenolic OH excluding ortho intramolecular Hbond substituents is 1. The molecule has 14 heteroatoms. The molecule has 1 aromatic carbocycles. The van der Waals surface area contributed by atoms with E-state index in [0.29, 0.717) is 5.56 Å².